The number of carboxylic acid groups (broad SMARTS) is 1. The maximum Gasteiger partial charge on any atom is 0.401 e. The van der Waals surface area contributed by atoms with Crippen LogP contribution in [0.25, 0.3) is 0 Å². The number of carboxylic acids is 1. The normalized spacial score (nSPS) is 18.4. The molecule has 0 bridgehead atoms. The van der Waals surface area contributed by atoms with Crippen LogP contribution in [0.4, 0.5) is 18.0 Å². The molecule has 0 spiro atoms. The number of piperazine rings is 1. The fraction of sp³-hybridized carbons (Fsp3) is 0.833. The molecule has 2 amide bonds. The fourth-order valence-electron chi connectivity index (χ4n) is 2.11. The van der Waals surface area contributed by atoms with Gasteiger partial charge < -0.3 is 15.3 Å². The molecule has 1 aliphatic rings. The summed E-state index contributed by atoms with van der Waals surface area (Å²) >= 11 is 0. The second kappa shape index (κ2) is 7.48. The van der Waals surface area contributed by atoms with Gasteiger partial charge in [0.2, 0.25) is 0 Å². The van der Waals surface area contributed by atoms with Crippen LogP contribution in [0.1, 0.15) is 13.3 Å². The van der Waals surface area contributed by atoms with Gasteiger partial charge in [-0.25, -0.2) is 4.79 Å². The second-order valence-electron chi connectivity index (χ2n) is 5.27. The number of amides is 2. The van der Waals surface area contributed by atoms with Gasteiger partial charge in [-0.05, 0) is 5.92 Å². The average molecular weight is 311 g/mol. The van der Waals surface area contributed by atoms with Gasteiger partial charge in [-0.1, -0.05) is 6.92 Å². The van der Waals surface area contributed by atoms with E-state index >= 15 is 0 Å². The quantitative estimate of drug-likeness (QED) is 0.794. The number of nitrogens with one attached hydrogen (secondary N) is 1. The molecule has 9 heteroatoms. The number of alkyl halides is 3. The first-order chi connectivity index (χ1) is 9.67. The Hall–Kier alpha value is -1.51. The van der Waals surface area contributed by atoms with Crippen molar-refractivity contribution in [2.45, 2.75) is 19.5 Å². The number of nitrogens with zero attached hydrogens (tertiary/aromatic N) is 2. The maximum atomic E-state index is 12.2. The molecule has 1 saturated heterocycles. The molecule has 0 aromatic carbocycles. The van der Waals surface area contributed by atoms with Crippen molar-refractivity contribution in [1.82, 2.24) is 15.1 Å². The monoisotopic (exact) mass is 311 g/mol. The van der Waals surface area contributed by atoms with Crippen LogP contribution in [0.15, 0.2) is 0 Å². The Morgan fingerprint density at radius 1 is 1.24 bits per heavy atom. The summed E-state index contributed by atoms with van der Waals surface area (Å²) in [5, 5.41) is 11.2. The van der Waals surface area contributed by atoms with Crippen molar-refractivity contribution in [2.75, 3.05) is 39.3 Å². The van der Waals surface area contributed by atoms with E-state index in [0.29, 0.717) is 0 Å². The van der Waals surface area contributed by atoms with E-state index in [1.807, 2.05) is 0 Å². The highest BCUT2D eigenvalue weighted by molar-refractivity contribution is 5.74. The Kier molecular flexibility index (Phi) is 6.25. The van der Waals surface area contributed by atoms with Crippen molar-refractivity contribution >= 4 is 12.0 Å². The van der Waals surface area contributed by atoms with E-state index in [1.165, 1.54) is 9.80 Å². The summed E-state index contributed by atoms with van der Waals surface area (Å²) in [5.74, 6) is -1.13. The van der Waals surface area contributed by atoms with Gasteiger partial charge in [0.25, 0.3) is 0 Å². The summed E-state index contributed by atoms with van der Waals surface area (Å²) in [6, 6.07) is -0.362. The van der Waals surface area contributed by atoms with Gasteiger partial charge in [-0.3, -0.25) is 9.69 Å². The van der Waals surface area contributed by atoms with E-state index in [4.69, 9.17) is 5.11 Å². The van der Waals surface area contributed by atoms with Crippen LogP contribution >= 0.6 is 0 Å². The zero-order valence-electron chi connectivity index (χ0n) is 11.8. The highest BCUT2D eigenvalue weighted by Crippen LogP contribution is 2.17. The van der Waals surface area contributed by atoms with E-state index in [0.717, 1.165) is 0 Å². The summed E-state index contributed by atoms with van der Waals surface area (Å²) in [6.07, 6.45) is -4.27. The van der Waals surface area contributed by atoms with Crippen molar-refractivity contribution < 1.29 is 27.9 Å². The minimum atomic E-state index is -4.23. The van der Waals surface area contributed by atoms with Crippen molar-refractivity contribution in [2.24, 2.45) is 5.92 Å². The molecule has 6 nitrogen and oxygen atoms in total. The molecular weight excluding hydrogens is 291 g/mol. The lowest BCUT2D eigenvalue weighted by Gasteiger charge is -2.35. The zero-order valence-corrected chi connectivity index (χ0v) is 11.8. The first kappa shape index (κ1) is 17.5. The molecule has 21 heavy (non-hydrogen) atoms. The number of hydrogen-bond acceptors (Lipinski definition) is 3. The summed E-state index contributed by atoms with van der Waals surface area (Å²) in [7, 11) is 0. The van der Waals surface area contributed by atoms with Crippen LogP contribution in [0.2, 0.25) is 0 Å². The molecule has 0 aromatic rings. The molecule has 0 aromatic heterocycles. The molecule has 122 valence electrons. The van der Waals surface area contributed by atoms with E-state index in [1.54, 1.807) is 6.92 Å². The predicted octanol–water partition coefficient (Wildman–Crippen LogP) is 0.987. The number of rotatable bonds is 5. The van der Waals surface area contributed by atoms with E-state index in [-0.39, 0.29) is 51.1 Å². The molecule has 0 saturated carbocycles. The second-order valence-corrected chi connectivity index (χ2v) is 5.27. The van der Waals surface area contributed by atoms with Crippen molar-refractivity contribution in [3.63, 3.8) is 0 Å². The minimum Gasteiger partial charge on any atom is -0.481 e. The van der Waals surface area contributed by atoms with Crippen LogP contribution in [0.3, 0.4) is 0 Å². The largest absolute Gasteiger partial charge is 0.481 e. The highest BCUT2D eigenvalue weighted by Gasteiger charge is 2.32. The lowest BCUT2D eigenvalue weighted by Crippen LogP contribution is -2.53. The third kappa shape index (κ3) is 7.16. The Labute approximate surface area is 120 Å². The lowest BCUT2D eigenvalue weighted by atomic mass is 10.1. The Morgan fingerprint density at radius 3 is 2.29 bits per heavy atom. The zero-order chi connectivity index (χ0) is 16.0. The van der Waals surface area contributed by atoms with Gasteiger partial charge >= 0.3 is 18.2 Å². The van der Waals surface area contributed by atoms with E-state index in [9.17, 15) is 22.8 Å². The molecule has 2 N–H and O–H groups in total. The number of halogens is 3. The first-order valence-electron chi connectivity index (χ1n) is 6.71. The molecule has 1 atom stereocenters. The minimum absolute atomic E-state index is 0.0420. The van der Waals surface area contributed by atoms with Gasteiger partial charge in [0.1, 0.15) is 0 Å². The van der Waals surface area contributed by atoms with Gasteiger partial charge in [-0.15, -0.1) is 0 Å². The number of hydrogen-bond donors (Lipinski definition) is 2. The third-order valence-electron chi connectivity index (χ3n) is 3.19. The molecule has 1 rings (SSSR count). The predicted molar refractivity (Wildman–Crippen MR) is 68.9 cm³/mol. The first-order valence-corrected chi connectivity index (χ1v) is 6.71. The average Bonchev–Trinajstić information content (AvgIpc) is 2.34. The number of carbonyl (C=O) groups is 2. The van der Waals surface area contributed by atoms with Crippen molar-refractivity contribution in [1.29, 1.82) is 0 Å². The lowest BCUT2D eigenvalue weighted by molar-refractivity contribution is -0.148. The van der Waals surface area contributed by atoms with Crippen LogP contribution in [0, 0.1) is 5.92 Å². The number of aliphatic carboxylic acids is 1. The Morgan fingerprint density at radius 2 is 1.81 bits per heavy atom. The van der Waals surface area contributed by atoms with Crippen LogP contribution in [-0.4, -0.2) is 72.4 Å². The van der Waals surface area contributed by atoms with Crippen molar-refractivity contribution in [3.8, 4) is 0 Å². The van der Waals surface area contributed by atoms with Gasteiger partial charge in [0, 0.05) is 39.1 Å². The highest BCUT2D eigenvalue weighted by atomic mass is 19.4. The fourth-order valence-corrected chi connectivity index (χ4v) is 2.11. The topological polar surface area (TPSA) is 72.9 Å². The van der Waals surface area contributed by atoms with E-state index in [2.05, 4.69) is 5.32 Å². The van der Waals surface area contributed by atoms with E-state index < -0.39 is 18.7 Å². The molecule has 1 unspecified atom stereocenters. The Balaban J connectivity index is 2.27. The van der Waals surface area contributed by atoms with Crippen LogP contribution < -0.4 is 5.32 Å². The molecular formula is C12H20F3N3O3. The Bertz CT molecular complexity index is 368. The summed E-state index contributed by atoms with van der Waals surface area (Å²) in [6.45, 7) is 1.79. The van der Waals surface area contributed by atoms with Gasteiger partial charge in [-0.2, -0.15) is 13.2 Å². The SMILES string of the molecule is CC(CNC(=O)N1CCN(CC(F)(F)F)CC1)CC(=O)O. The van der Waals surface area contributed by atoms with Crippen molar-refractivity contribution in [3.05, 3.63) is 0 Å². The molecule has 1 fully saturated rings. The van der Waals surface area contributed by atoms with Crippen LogP contribution in [0.5, 0.6) is 0 Å². The summed E-state index contributed by atoms with van der Waals surface area (Å²) in [5.41, 5.74) is 0. The van der Waals surface area contributed by atoms with Crippen LogP contribution in [-0.2, 0) is 4.79 Å². The standard InChI is InChI=1S/C12H20F3N3O3/c1-9(6-10(19)20)7-16-11(21)18-4-2-17(3-5-18)8-12(13,14)15/h9H,2-8H2,1H3,(H,16,21)(H,19,20). The molecule has 1 aliphatic heterocycles. The molecule has 0 aliphatic carbocycles. The molecule has 1 heterocycles. The maximum absolute atomic E-state index is 12.2. The third-order valence-corrected chi connectivity index (χ3v) is 3.19. The van der Waals surface area contributed by atoms with Gasteiger partial charge in [0.15, 0.2) is 0 Å². The number of carbonyl (C=O) groups excluding carboxylic acids is 1. The molecule has 0 radical (unpaired) electrons. The smallest absolute Gasteiger partial charge is 0.401 e. The summed E-state index contributed by atoms with van der Waals surface area (Å²) in [4.78, 5) is 25.0. The summed E-state index contributed by atoms with van der Waals surface area (Å²) < 4.78 is 36.7. The van der Waals surface area contributed by atoms with Gasteiger partial charge in [0.05, 0.1) is 6.54 Å². The number of urea groups is 1.